The van der Waals surface area contributed by atoms with Crippen LogP contribution in [0.5, 0.6) is 0 Å². The van der Waals surface area contributed by atoms with E-state index in [-0.39, 0.29) is 17.6 Å². The molecule has 1 spiro atoms. The maximum Gasteiger partial charge on any atom is 0.171 e. The van der Waals surface area contributed by atoms with Crippen LogP contribution in [0.4, 0.5) is 5.82 Å². The third-order valence-corrected chi connectivity index (χ3v) is 7.65. The molecule has 2 aromatic heterocycles. The van der Waals surface area contributed by atoms with Gasteiger partial charge in [-0.2, -0.15) is 5.26 Å². The summed E-state index contributed by atoms with van der Waals surface area (Å²) in [6, 6.07) is 9.61. The van der Waals surface area contributed by atoms with Crippen molar-refractivity contribution in [2.75, 3.05) is 24.6 Å². The highest BCUT2D eigenvalue weighted by atomic mass is 35.5. The maximum atomic E-state index is 9.96. The van der Waals surface area contributed by atoms with E-state index in [1.807, 2.05) is 29.5 Å². The number of rotatable bonds is 2. The number of halogens is 2. The molecular formula is C22H22Cl2N6O. The summed E-state index contributed by atoms with van der Waals surface area (Å²) in [4.78, 5) is 2.27. The zero-order valence-corrected chi connectivity index (χ0v) is 18.6. The molecule has 1 aromatic carbocycles. The first-order valence-corrected chi connectivity index (χ1v) is 11.0. The second-order valence-electron chi connectivity index (χ2n) is 8.42. The monoisotopic (exact) mass is 456 g/mol. The van der Waals surface area contributed by atoms with Gasteiger partial charge in [0.1, 0.15) is 18.2 Å². The molecule has 0 amide bonds. The number of ether oxygens (including phenoxy) is 1. The van der Waals surface area contributed by atoms with Crippen LogP contribution < -0.4 is 10.6 Å². The van der Waals surface area contributed by atoms with Gasteiger partial charge in [-0.3, -0.25) is 4.40 Å². The van der Waals surface area contributed by atoms with Crippen molar-refractivity contribution < 1.29 is 4.74 Å². The number of pyridine rings is 1. The summed E-state index contributed by atoms with van der Waals surface area (Å²) in [6.07, 6.45) is 3.63. The predicted octanol–water partition coefficient (Wildman–Crippen LogP) is 3.91. The normalized spacial score (nSPS) is 22.9. The molecule has 0 radical (unpaired) electrons. The Morgan fingerprint density at radius 2 is 2.06 bits per heavy atom. The van der Waals surface area contributed by atoms with Gasteiger partial charge in [0.15, 0.2) is 5.65 Å². The Kier molecular flexibility index (Phi) is 5.06. The fraction of sp³-hybridized carbons (Fsp3) is 0.409. The van der Waals surface area contributed by atoms with E-state index < -0.39 is 0 Å². The van der Waals surface area contributed by atoms with Gasteiger partial charge in [0.2, 0.25) is 0 Å². The van der Waals surface area contributed by atoms with Gasteiger partial charge in [0.25, 0.3) is 0 Å². The van der Waals surface area contributed by atoms with Crippen LogP contribution in [0.25, 0.3) is 16.8 Å². The lowest BCUT2D eigenvalue weighted by molar-refractivity contribution is 0.0974. The average Bonchev–Trinajstić information content (AvgIpc) is 3.37. The molecule has 2 N–H and O–H groups in total. The van der Waals surface area contributed by atoms with Crippen molar-refractivity contribution in [2.45, 2.75) is 31.9 Å². The largest absolute Gasteiger partial charge is 0.376 e. The van der Waals surface area contributed by atoms with E-state index in [9.17, 15) is 5.26 Å². The molecule has 2 atom stereocenters. The number of piperidine rings is 1. The number of hydrogen-bond acceptors (Lipinski definition) is 6. The third kappa shape index (κ3) is 3.17. The Morgan fingerprint density at radius 1 is 1.29 bits per heavy atom. The van der Waals surface area contributed by atoms with Gasteiger partial charge in [0, 0.05) is 35.7 Å². The average molecular weight is 457 g/mol. The molecule has 160 valence electrons. The summed E-state index contributed by atoms with van der Waals surface area (Å²) < 4.78 is 7.76. The second kappa shape index (κ2) is 7.64. The third-order valence-electron chi connectivity index (χ3n) is 6.83. The minimum absolute atomic E-state index is 0.0224. The molecule has 4 heterocycles. The van der Waals surface area contributed by atoms with Crippen LogP contribution in [0.15, 0.2) is 30.6 Å². The van der Waals surface area contributed by atoms with Crippen LogP contribution in [0, 0.1) is 16.7 Å². The van der Waals surface area contributed by atoms with Gasteiger partial charge >= 0.3 is 0 Å². The highest BCUT2D eigenvalue weighted by molar-refractivity contribution is 6.43. The molecule has 3 aromatic rings. The van der Waals surface area contributed by atoms with Gasteiger partial charge in [-0.15, -0.1) is 10.2 Å². The lowest BCUT2D eigenvalue weighted by Crippen LogP contribution is -2.50. The quantitative estimate of drug-likeness (QED) is 0.628. The van der Waals surface area contributed by atoms with E-state index in [1.54, 1.807) is 12.4 Å². The molecular weight excluding hydrogens is 435 g/mol. The van der Waals surface area contributed by atoms with Crippen molar-refractivity contribution in [1.29, 1.82) is 5.26 Å². The van der Waals surface area contributed by atoms with Crippen LogP contribution in [-0.2, 0) is 4.74 Å². The zero-order valence-electron chi connectivity index (χ0n) is 17.1. The van der Waals surface area contributed by atoms with Crippen molar-refractivity contribution in [3.63, 3.8) is 0 Å². The fourth-order valence-electron chi connectivity index (χ4n) is 4.91. The molecule has 0 aliphatic carbocycles. The standard InChI is InChI=1S/C22H22Cl2N6O/c1-13-20(26)22(11-31-13)5-7-29(8-6-22)17-9-14(10-25)18(21-28-27-12-30(17)21)15-3-2-4-16(23)19(15)24/h2-4,9,12-13,20H,5-8,11,26H2,1H3. The van der Waals surface area contributed by atoms with Gasteiger partial charge < -0.3 is 15.4 Å². The van der Waals surface area contributed by atoms with Crippen LogP contribution in [0.1, 0.15) is 25.3 Å². The Morgan fingerprint density at radius 3 is 2.74 bits per heavy atom. The SMILES string of the molecule is CC1OCC2(CCN(c3cc(C#N)c(-c4cccc(Cl)c4Cl)c4nncn34)CC2)C1N. The molecule has 0 saturated carbocycles. The van der Waals surface area contributed by atoms with E-state index in [0.29, 0.717) is 39.0 Å². The number of benzene rings is 1. The summed E-state index contributed by atoms with van der Waals surface area (Å²) in [5.74, 6) is 0.883. The molecule has 31 heavy (non-hydrogen) atoms. The number of aromatic nitrogens is 3. The summed E-state index contributed by atoms with van der Waals surface area (Å²) in [6.45, 7) is 4.39. The first kappa shape index (κ1) is 20.5. The zero-order chi connectivity index (χ0) is 21.8. The number of nitriles is 1. The number of nitrogens with two attached hydrogens (primary N) is 1. The highest BCUT2D eigenvalue weighted by Gasteiger charge is 2.47. The molecule has 2 unspecified atom stereocenters. The Hall–Kier alpha value is -2.37. The van der Waals surface area contributed by atoms with E-state index in [1.165, 1.54) is 0 Å². The van der Waals surface area contributed by atoms with E-state index in [2.05, 4.69) is 21.2 Å². The molecule has 0 bridgehead atoms. The van der Waals surface area contributed by atoms with Gasteiger partial charge in [-0.1, -0.05) is 35.3 Å². The number of nitrogens with zero attached hydrogens (tertiary/aromatic N) is 5. The number of fused-ring (bicyclic) bond motifs is 1. The van der Waals surface area contributed by atoms with Crippen molar-refractivity contribution in [3.05, 3.63) is 46.2 Å². The molecule has 2 fully saturated rings. The maximum absolute atomic E-state index is 9.96. The van der Waals surface area contributed by atoms with Crippen LogP contribution >= 0.6 is 23.2 Å². The Bertz CT molecular complexity index is 1190. The van der Waals surface area contributed by atoms with E-state index in [0.717, 1.165) is 31.7 Å². The van der Waals surface area contributed by atoms with Gasteiger partial charge in [-0.25, -0.2) is 0 Å². The Labute approximate surface area is 190 Å². The first-order valence-electron chi connectivity index (χ1n) is 10.3. The first-order chi connectivity index (χ1) is 14.9. The molecule has 2 aliphatic rings. The summed E-state index contributed by atoms with van der Waals surface area (Å²) >= 11 is 12.7. The minimum atomic E-state index is 0.0224. The lowest BCUT2D eigenvalue weighted by atomic mass is 9.73. The van der Waals surface area contributed by atoms with E-state index in [4.69, 9.17) is 33.7 Å². The molecule has 5 rings (SSSR count). The second-order valence-corrected chi connectivity index (χ2v) is 9.21. The smallest absolute Gasteiger partial charge is 0.171 e. The van der Waals surface area contributed by atoms with Crippen molar-refractivity contribution in [3.8, 4) is 17.2 Å². The Balaban J connectivity index is 1.56. The van der Waals surface area contributed by atoms with Crippen LogP contribution in [0.3, 0.4) is 0 Å². The van der Waals surface area contributed by atoms with E-state index >= 15 is 0 Å². The van der Waals surface area contributed by atoms with Crippen LogP contribution in [-0.4, -0.2) is 46.4 Å². The van der Waals surface area contributed by atoms with Gasteiger partial charge in [-0.05, 0) is 31.9 Å². The molecule has 2 saturated heterocycles. The van der Waals surface area contributed by atoms with Crippen molar-refractivity contribution >= 4 is 34.7 Å². The van der Waals surface area contributed by atoms with Gasteiger partial charge in [0.05, 0.1) is 28.3 Å². The summed E-state index contributed by atoms with van der Waals surface area (Å²) in [7, 11) is 0. The molecule has 2 aliphatic heterocycles. The molecule has 7 nitrogen and oxygen atoms in total. The van der Waals surface area contributed by atoms with Crippen molar-refractivity contribution in [2.24, 2.45) is 11.1 Å². The minimum Gasteiger partial charge on any atom is -0.376 e. The summed E-state index contributed by atoms with van der Waals surface area (Å²) in [5, 5.41) is 19.2. The lowest BCUT2D eigenvalue weighted by Gasteiger charge is -2.42. The van der Waals surface area contributed by atoms with Crippen LogP contribution in [0.2, 0.25) is 10.0 Å². The number of hydrogen-bond donors (Lipinski definition) is 1. The molecule has 9 heteroatoms. The number of anilines is 1. The highest BCUT2D eigenvalue weighted by Crippen LogP contribution is 2.43. The fourth-order valence-corrected chi connectivity index (χ4v) is 5.31. The topological polar surface area (TPSA) is 92.5 Å². The summed E-state index contributed by atoms with van der Waals surface area (Å²) in [5.41, 5.74) is 8.84. The van der Waals surface area contributed by atoms with Crippen molar-refractivity contribution in [1.82, 2.24) is 14.6 Å². The predicted molar refractivity (Wildman–Crippen MR) is 120 cm³/mol.